The van der Waals surface area contributed by atoms with Crippen molar-refractivity contribution in [3.8, 4) is 0 Å². The molecular weight excluding hydrogens is 270 g/mol. The van der Waals surface area contributed by atoms with Crippen LogP contribution in [0.3, 0.4) is 0 Å². The number of ether oxygens (including phenoxy) is 1. The van der Waals surface area contributed by atoms with E-state index in [9.17, 15) is 14.4 Å². The second kappa shape index (κ2) is 5.07. The topological polar surface area (TPSA) is 63.7 Å². The van der Waals surface area contributed by atoms with Crippen LogP contribution in [-0.4, -0.2) is 37.2 Å². The number of carbonyl (C=O) groups is 3. The van der Waals surface area contributed by atoms with Crippen molar-refractivity contribution in [2.45, 2.75) is 20.3 Å². The molecule has 1 amide bonds. The predicted octanol–water partition coefficient (Wildman–Crippen LogP) is 1.44. The molecule has 1 fully saturated rings. The number of hydrogen-bond donors (Lipinski definition) is 0. The molecule has 0 N–H and O–H groups in total. The number of hydrogen-bond acceptors (Lipinski definition) is 4. The number of rotatable bonds is 3. The van der Waals surface area contributed by atoms with Gasteiger partial charge in [0.2, 0.25) is 0 Å². The van der Waals surface area contributed by atoms with Crippen LogP contribution in [0.5, 0.6) is 0 Å². The lowest BCUT2D eigenvalue weighted by molar-refractivity contribution is -0.123. The van der Waals surface area contributed by atoms with E-state index >= 15 is 0 Å². The Balaban J connectivity index is 1.92. The fourth-order valence-corrected chi connectivity index (χ4v) is 3.05. The van der Waals surface area contributed by atoms with Crippen LogP contribution in [-0.2, 0) is 14.3 Å². The van der Waals surface area contributed by atoms with Crippen molar-refractivity contribution in [1.82, 2.24) is 0 Å². The van der Waals surface area contributed by atoms with E-state index in [1.807, 2.05) is 19.9 Å². The van der Waals surface area contributed by atoms with Crippen LogP contribution in [0.25, 0.3) is 0 Å². The summed E-state index contributed by atoms with van der Waals surface area (Å²) in [7, 11) is 0. The molecule has 0 radical (unpaired) electrons. The van der Waals surface area contributed by atoms with E-state index in [0.29, 0.717) is 30.9 Å². The summed E-state index contributed by atoms with van der Waals surface area (Å²) in [4.78, 5) is 37.8. The van der Waals surface area contributed by atoms with Gasteiger partial charge in [0, 0.05) is 12.5 Å². The van der Waals surface area contributed by atoms with E-state index in [-0.39, 0.29) is 18.2 Å². The van der Waals surface area contributed by atoms with E-state index in [4.69, 9.17) is 4.74 Å². The number of anilines is 1. The zero-order valence-corrected chi connectivity index (χ0v) is 12.1. The fraction of sp³-hybridized carbons (Fsp3) is 0.438. The molecule has 0 aromatic heterocycles. The van der Waals surface area contributed by atoms with Gasteiger partial charge in [-0.05, 0) is 37.5 Å². The number of benzene rings is 1. The van der Waals surface area contributed by atoms with Crippen molar-refractivity contribution >= 4 is 23.2 Å². The molecular formula is C16H17NO4. The Morgan fingerprint density at radius 2 is 2.10 bits per heavy atom. The van der Waals surface area contributed by atoms with Gasteiger partial charge in [-0.2, -0.15) is 0 Å². The molecule has 110 valence electrons. The largest absolute Gasteiger partial charge is 0.381 e. The van der Waals surface area contributed by atoms with Gasteiger partial charge in [0.25, 0.3) is 11.7 Å². The van der Waals surface area contributed by atoms with Gasteiger partial charge in [-0.25, -0.2) is 0 Å². The lowest BCUT2D eigenvalue weighted by Crippen LogP contribution is -2.37. The molecule has 5 heteroatoms. The molecule has 0 bridgehead atoms. The first-order valence-corrected chi connectivity index (χ1v) is 7.07. The third kappa shape index (κ3) is 2.27. The molecule has 3 rings (SSSR count). The summed E-state index contributed by atoms with van der Waals surface area (Å²) in [5.41, 5.74) is 2.78. The molecule has 1 aromatic rings. The lowest BCUT2D eigenvalue weighted by atomic mass is 10.0. The molecule has 21 heavy (non-hydrogen) atoms. The highest BCUT2D eigenvalue weighted by atomic mass is 16.5. The number of fused-ring (bicyclic) bond motifs is 1. The number of amides is 1. The summed E-state index contributed by atoms with van der Waals surface area (Å²) < 4.78 is 5.21. The number of ketones is 2. The molecule has 2 aliphatic heterocycles. The molecule has 2 heterocycles. The van der Waals surface area contributed by atoms with Gasteiger partial charge in [-0.1, -0.05) is 6.07 Å². The number of carbonyl (C=O) groups excluding carboxylic acids is 3. The third-order valence-electron chi connectivity index (χ3n) is 4.10. The zero-order valence-electron chi connectivity index (χ0n) is 12.1. The van der Waals surface area contributed by atoms with Crippen LogP contribution in [0.1, 0.15) is 27.9 Å². The summed E-state index contributed by atoms with van der Waals surface area (Å²) in [6.45, 7) is 4.69. The first-order chi connectivity index (χ1) is 9.99. The predicted molar refractivity (Wildman–Crippen MR) is 76.5 cm³/mol. The average Bonchev–Trinajstić information content (AvgIpc) is 3.03. The molecule has 2 aliphatic rings. The van der Waals surface area contributed by atoms with Crippen LogP contribution >= 0.6 is 0 Å². The Bertz CT molecular complexity index is 644. The number of nitrogens with zero attached hydrogens (tertiary/aromatic N) is 1. The van der Waals surface area contributed by atoms with E-state index in [0.717, 1.165) is 11.1 Å². The molecule has 0 saturated carbocycles. The first kappa shape index (κ1) is 13.9. The molecule has 0 aliphatic carbocycles. The fourth-order valence-electron chi connectivity index (χ4n) is 3.05. The van der Waals surface area contributed by atoms with Crippen molar-refractivity contribution in [1.29, 1.82) is 0 Å². The minimum absolute atomic E-state index is 0.0403. The maximum Gasteiger partial charge on any atom is 0.299 e. The summed E-state index contributed by atoms with van der Waals surface area (Å²) in [5.74, 6) is -1.33. The summed E-state index contributed by atoms with van der Waals surface area (Å²) in [6.07, 6.45) is 0.689. The van der Waals surface area contributed by atoms with E-state index in [2.05, 4.69) is 0 Å². The van der Waals surface area contributed by atoms with Crippen LogP contribution < -0.4 is 4.90 Å². The monoisotopic (exact) mass is 287 g/mol. The highest BCUT2D eigenvalue weighted by Gasteiger charge is 2.39. The van der Waals surface area contributed by atoms with Crippen molar-refractivity contribution in [3.05, 3.63) is 28.8 Å². The van der Waals surface area contributed by atoms with Gasteiger partial charge in [0.15, 0.2) is 5.78 Å². The Morgan fingerprint density at radius 3 is 2.76 bits per heavy atom. The Morgan fingerprint density at radius 1 is 1.33 bits per heavy atom. The third-order valence-corrected chi connectivity index (χ3v) is 4.10. The standard InChI is InChI=1S/C16H17NO4/c1-9-5-10(2)14-12(6-9)15(19)16(20)17(14)7-13(18)11-3-4-21-8-11/h5-6,11H,3-4,7-8H2,1-2H3. The van der Waals surface area contributed by atoms with Crippen molar-refractivity contribution in [3.63, 3.8) is 0 Å². The average molecular weight is 287 g/mol. The second-order valence-corrected chi connectivity index (χ2v) is 5.73. The van der Waals surface area contributed by atoms with Crippen LogP contribution in [0.15, 0.2) is 12.1 Å². The second-order valence-electron chi connectivity index (χ2n) is 5.73. The Hall–Kier alpha value is -2.01. The quantitative estimate of drug-likeness (QED) is 0.789. The van der Waals surface area contributed by atoms with E-state index < -0.39 is 11.7 Å². The summed E-state index contributed by atoms with van der Waals surface area (Å²) >= 11 is 0. The molecule has 1 saturated heterocycles. The van der Waals surface area contributed by atoms with Gasteiger partial charge in [0.05, 0.1) is 24.4 Å². The highest BCUT2D eigenvalue weighted by Crippen LogP contribution is 2.33. The van der Waals surface area contributed by atoms with Crippen molar-refractivity contribution in [2.24, 2.45) is 5.92 Å². The molecule has 1 aromatic carbocycles. The minimum atomic E-state index is -0.606. The molecule has 5 nitrogen and oxygen atoms in total. The SMILES string of the molecule is Cc1cc(C)c2c(c1)C(=O)C(=O)N2CC(=O)C1CCOC1. The Labute approximate surface area is 122 Å². The smallest absolute Gasteiger partial charge is 0.299 e. The maximum atomic E-state index is 12.3. The van der Waals surface area contributed by atoms with Crippen molar-refractivity contribution < 1.29 is 19.1 Å². The van der Waals surface area contributed by atoms with E-state index in [1.165, 1.54) is 4.90 Å². The minimum Gasteiger partial charge on any atom is -0.381 e. The highest BCUT2D eigenvalue weighted by molar-refractivity contribution is 6.52. The van der Waals surface area contributed by atoms with Crippen LogP contribution in [0.4, 0.5) is 5.69 Å². The summed E-state index contributed by atoms with van der Waals surface area (Å²) in [6, 6.07) is 3.63. The van der Waals surface area contributed by atoms with Gasteiger partial charge in [0.1, 0.15) is 0 Å². The van der Waals surface area contributed by atoms with Crippen molar-refractivity contribution in [2.75, 3.05) is 24.7 Å². The molecule has 0 spiro atoms. The zero-order chi connectivity index (χ0) is 15.1. The molecule has 1 atom stereocenters. The van der Waals surface area contributed by atoms with Gasteiger partial charge >= 0.3 is 0 Å². The first-order valence-electron chi connectivity index (χ1n) is 7.07. The summed E-state index contributed by atoms with van der Waals surface area (Å²) in [5, 5.41) is 0. The van der Waals surface area contributed by atoms with Crippen LogP contribution in [0.2, 0.25) is 0 Å². The molecule has 1 unspecified atom stereocenters. The number of Topliss-reactive ketones (excluding diaryl/α,β-unsaturated/α-hetero) is 2. The normalized spacial score (nSPS) is 21.0. The van der Waals surface area contributed by atoms with Crippen LogP contribution in [0, 0.1) is 19.8 Å². The van der Waals surface area contributed by atoms with E-state index in [1.54, 1.807) is 6.07 Å². The Kier molecular flexibility index (Phi) is 3.37. The van der Waals surface area contributed by atoms with Gasteiger partial charge < -0.3 is 4.74 Å². The van der Waals surface area contributed by atoms with Gasteiger partial charge in [-0.15, -0.1) is 0 Å². The number of aryl methyl sites for hydroxylation is 2. The maximum absolute atomic E-state index is 12.3. The van der Waals surface area contributed by atoms with Gasteiger partial charge in [-0.3, -0.25) is 19.3 Å². The lowest BCUT2D eigenvalue weighted by Gasteiger charge is -2.19.